The Kier molecular flexibility index (Phi) is 2.77. The molecule has 0 aromatic carbocycles. The number of terminal acetylenes is 1. The minimum atomic E-state index is -0.0617. The van der Waals surface area contributed by atoms with Crippen LogP contribution in [0.4, 0.5) is 0 Å². The first-order valence-corrected chi connectivity index (χ1v) is 3.96. The predicted octanol–water partition coefficient (Wildman–Crippen LogP) is 1.56. The molecule has 2 atom stereocenters. The van der Waals surface area contributed by atoms with Crippen molar-refractivity contribution < 1.29 is 5.11 Å². The molecule has 1 N–H and O–H groups in total. The molecule has 0 aromatic rings. The van der Waals surface area contributed by atoms with E-state index >= 15 is 0 Å². The van der Waals surface area contributed by atoms with Gasteiger partial charge in [-0.2, -0.15) is 0 Å². The summed E-state index contributed by atoms with van der Waals surface area (Å²) in [5.74, 6) is 3.10. The first-order chi connectivity index (χ1) is 4.84. The van der Waals surface area contributed by atoms with Crippen LogP contribution in [-0.4, -0.2) is 11.2 Å². The van der Waals surface area contributed by atoms with Crippen LogP contribution in [0.5, 0.6) is 0 Å². The quantitative estimate of drug-likeness (QED) is 0.574. The molecule has 2 unspecified atom stereocenters. The molecule has 56 valence electrons. The van der Waals surface area contributed by atoms with Crippen molar-refractivity contribution in [1.29, 1.82) is 0 Å². The Morgan fingerprint density at radius 3 is 2.80 bits per heavy atom. The van der Waals surface area contributed by atoms with Gasteiger partial charge in [0.25, 0.3) is 0 Å². The van der Waals surface area contributed by atoms with E-state index in [9.17, 15) is 5.11 Å². The Morgan fingerprint density at radius 2 is 2.30 bits per heavy atom. The van der Waals surface area contributed by atoms with Gasteiger partial charge in [0.2, 0.25) is 0 Å². The van der Waals surface area contributed by atoms with Crippen LogP contribution in [0.15, 0.2) is 0 Å². The minimum Gasteiger partial charge on any atom is -0.393 e. The summed E-state index contributed by atoms with van der Waals surface area (Å²) in [6.07, 6.45) is 10.2. The van der Waals surface area contributed by atoms with Gasteiger partial charge in [-0.05, 0) is 25.2 Å². The van der Waals surface area contributed by atoms with Gasteiger partial charge in [-0.1, -0.05) is 6.42 Å². The molecule has 0 radical (unpaired) electrons. The molecule has 0 aliphatic heterocycles. The molecule has 1 heteroatoms. The second kappa shape index (κ2) is 3.63. The van der Waals surface area contributed by atoms with E-state index in [2.05, 4.69) is 5.92 Å². The Balaban J connectivity index is 2.21. The topological polar surface area (TPSA) is 20.2 Å². The maximum absolute atomic E-state index is 9.35. The van der Waals surface area contributed by atoms with Crippen LogP contribution in [0, 0.1) is 18.3 Å². The molecule has 10 heavy (non-hydrogen) atoms. The molecule has 1 saturated carbocycles. The summed E-state index contributed by atoms with van der Waals surface area (Å²) in [7, 11) is 0. The van der Waals surface area contributed by atoms with Gasteiger partial charge in [0.1, 0.15) is 0 Å². The molecule has 0 saturated heterocycles. The summed E-state index contributed by atoms with van der Waals surface area (Å²) in [4.78, 5) is 0. The van der Waals surface area contributed by atoms with Crippen LogP contribution >= 0.6 is 0 Å². The lowest BCUT2D eigenvalue weighted by Crippen LogP contribution is -2.12. The Labute approximate surface area is 62.4 Å². The summed E-state index contributed by atoms with van der Waals surface area (Å²) in [5.41, 5.74) is 0. The van der Waals surface area contributed by atoms with Crippen LogP contribution < -0.4 is 0 Å². The lowest BCUT2D eigenvalue weighted by Gasteiger charge is -2.11. The minimum absolute atomic E-state index is 0.0617. The molecule has 1 nitrogen and oxygen atoms in total. The number of rotatable bonds is 2. The zero-order valence-corrected chi connectivity index (χ0v) is 6.21. The van der Waals surface area contributed by atoms with E-state index in [1.807, 2.05) is 0 Å². The molecule has 1 aliphatic rings. The van der Waals surface area contributed by atoms with E-state index in [4.69, 9.17) is 6.42 Å². The SMILES string of the molecule is C#CCCC1CCCC1O. The summed E-state index contributed by atoms with van der Waals surface area (Å²) < 4.78 is 0. The van der Waals surface area contributed by atoms with Crippen LogP contribution in [0.2, 0.25) is 0 Å². The van der Waals surface area contributed by atoms with Gasteiger partial charge in [-0.3, -0.25) is 0 Å². The highest BCUT2D eigenvalue weighted by Gasteiger charge is 2.23. The normalized spacial score (nSPS) is 32.0. The molecule has 0 aromatic heterocycles. The summed E-state index contributed by atoms with van der Waals surface area (Å²) in [5, 5.41) is 9.35. The lowest BCUT2D eigenvalue weighted by molar-refractivity contribution is 0.129. The summed E-state index contributed by atoms with van der Waals surface area (Å²) >= 11 is 0. The standard InChI is InChI=1S/C9H14O/c1-2-3-5-8-6-4-7-9(8)10/h1,8-10H,3-7H2. The Morgan fingerprint density at radius 1 is 1.50 bits per heavy atom. The van der Waals surface area contributed by atoms with Gasteiger partial charge < -0.3 is 5.11 Å². The molecule has 0 amide bonds. The zero-order chi connectivity index (χ0) is 7.40. The van der Waals surface area contributed by atoms with Crippen molar-refractivity contribution in [2.75, 3.05) is 0 Å². The second-order valence-corrected chi connectivity index (χ2v) is 3.00. The Bertz CT molecular complexity index is 134. The molecular formula is C9H14O. The summed E-state index contributed by atoms with van der Waals surface area (Å²) in [6.45, 7) is 0. The second-order valence-electron chi connectivity index (χ2n) is 3.00. The van der Waals surface area contributed by atoms with Crippen LogP contribution in [0.1, 0.15) is 32.1 Å². The fourth-order valence-corrected chi connectivity index (χ4v) is 1.62. The fraction of sp³-hybridized carbons (Fsp3) is 0.778. The van der Waals surface area contributed by atoms with E-state index in [0.29, 0.717) is 5.92 Å². The highest BCUT2D eigenvalue weighted by molar-refractivity contribution is 4.87. The van der Waals surface area contributed by atoms with Crippen molar-refractivity contribution >= 4 is 0 Å². The number of aliphatic hydroxyl groups is 1. The van der Waals surface area contributed by atoms with Gasteiger partial charge >= 0.3 is 0 Å². The third-order valence-electron chi connectivity index (χ3n) is 2.28. The molecule has 1 rings (SSSR count). The van der Waals surface area contributed by atoms with Crippen LogP contribution in [0.3, 0.4) is 0 Å². The van der Waals surface area contributed by atoms with Crippen molar-refractivity contribution in [2.24, 2.45) is 5.92 Å². The number of hydrogen-bond acceptors (Lipinski definition) is 1. The number of hydrogen-bond donors (Lipinski definition) is 1. The smallest absolute Gasteiger partial charge is 0.0568 e. The highest BCUT2D eigenvalue weighted by atomic mass is 16.3. The van der Waals surface area contributed by atoms with Gasteiger partial charge in [0, 0.05) is 6.42 Å². The van der Waals surface area contributed by atoms with E-state index in [1.165, 1.54) is 12.8 Å². The van der Waals surface area contributed by atoms with Gasteiger partial charge in [0.05, 0.1) is 6.10 Å². The first kappa shape index (κ1) is 7.63. The lowest BCUT2D eigenvalue weighted by atomic mass is 10.0. The predicted molar refractivity (Wildman–Crippen MR) is 41.4 cm³/mol. The van der Waals surface area contributed by atoms with Crippen LogP contribution in [-0.2, 0) is 0 Å². The largest absolute Gasteiger partial charge is 0.393 e. The van der Waals surface area contributed by atoms with Crippen molar-refractivity contribution in [3.8, 4) is 12.3 Å². The average Bonchev–Trinajstić information content (AvgIpc) is 2.31. The number of aliphatic hydroxyl groups excluding tert-OH is 1. The first-order valence-electron chi connectivity index (χ1n) is 3.96. The van der Waals surface area contributed by atoms with Crippen molar-refractivity contribution in [1.82, 2.24) is 0 Å². The van der Waals surface area contributed by atoms with E-state index < -0.39 is 0 Å². The third kappa shape index (κ3) is 1.75. The molecule has 0 spiro atoms. The molecule has 0 bridgehead atoms. The highest BCUT2D eigenvalue weighted by Crippen LogP contribution is 2.28. The maximum Gasteiger partial charge on any atom is 0.0568 e. The van der Waals surface area contributed by atoms with Gasteiger partial charge in [-0.25, -0.2) is 0 Å². The van der Waals surface area contributed by atoms with Gasteiger partial charge in [-0.15, -0.1) is 12.3 Å². The summed E-state index contributed by atoms with van der Waals surface area (Å²) in [6, 6.07) is 0. The Hall–Kier alpha value is -0.480. The third-order valence-corrected chi connectivity index (χ3v) is 2.28. The van der Waals surface area contributed by atoms with E-state index in [-0.39, 0.29) is 6.10 Å². The molecular weight excluding hydrogens is 124 g/mol. The molecule has 1 fully saturated rings. The maximum atomic E-state index is 9.35. The monoisotopic (exact) mass is 138 g/mol. The van der Waals surface area contributed by atoms with Crippen LogP contribution in [0.25, 0.3) is 0 Å². The van der Waals surface area contributed by atoms with Gasteiger partial charge in [0.15, 0.2) is 0 Å². The van der Waals surface area contributed by atoms with Crippen molar-refractivity contribution in [3.63, 3.8) is 0 Å². The molecule has 0 heterocycles. The van der Waals surface area contributed by atoms with Crippen molar-refractivity contribution in [2.45, 2.75) is 38.2 Å². The fourth-order valence-electron chi connectivity index (χ4n) is 1.62. The average molecular weight is 138 g/mol. The molecule has 1 aliphatic carbocycles. The van der Waals surface area contributed by atoms with E-state index in [0.717, 1.165) is 19.3 Å². The van der Waals surface area contributed by atoms with Crippen molar-refractivity contribution in [3.05, 3.63) is 0 Å². The zero-order valence-electron chi connectivity index (χ0n) is 6.21. The van der Waals surface area contributed by atoms with E-state index in [1.54, 1.807) is 0 Å².